The molecule has 0 unspecified atom stereocenters. The first kappa shape index (κ1) is 18.6. The van der Waals surface area contributed by atoms with Gasteiger partial charge >= 0.3 is 0 Å². The summed E-state index contributed by atoms with van der Waals surface area (Å²) >= 11 is 3.24. The molecule has 1 fully saturated rings. The number of nitrogens with one attached hydrogen (secondary N) is 1. The number of carbonyl (C=O) groups is 2. The predicted octanol–water partition coefficient (Wildman–Crippen LogP) is 3.08. The molecule has 136 valence electrons. The van der Waals surface area contributed by atoms with Gasteiger partial charge in [0.05, 0.1) is 11.6 Å². The van der Waals surface area contributed by atoms with Gasteiger partial charge in [0.25, 0.3) is 0 Å². The number of thioether (sulfide) groups is 2. The largest absolute Gasteiger partial charge is 0.352 e. The van der Waals surface area contributed by atoms with E-state index in [4.69, 9.17) is 0 Å². The van der Waals surface area contributed by atoms with Gasteiger partial charge in [0.15, 0.2) is 0 Å². The molecule has 1 saturated heterocycles. The van der Waals surface area contributed by atoms with Crippen molar-refractivity contribution in [3.63, 3.8) is 0 Å². The van der Waals surface area contributed by atoms with Crippen molar-refractivity contribution in [2.75, 3.05) is 17.4 Å². The van der Waals surface area contributed by atoms with E-state index in [1.165, 1.54) is 24.0 Å². The second-order valence-electron chi connectivity index (χ2n) is 6.77. The van der Waals surface area contributed by atoms with Gasteiger partial charge in [-0.1, -0.05) is 13.0 Å². The summed E-state index contributed by atoms with van der Waals surface area (Å²) in [6, 6.07) is 6.37. The highest BCUT2D eigenvalue weighted by molar-refractivity contribution is 8.00. The molecule has 0 spiro atoms. The van der Waals surface area contributed by atoms with E-state index in [1.54, 1.807) is 28.4 Å². The first-order valence-corrected chi connectivity index (χ1v) is 11.1. The van der Waals surface area contributed by atoms with Gasteiger partial charge in [-0.25, -0.2) is 0 Å². The van der Waals surface area contributed by atoms with E-state index < -0.39 is 0 Å². The van der Waals surface area contributed by atoms with Gasteiger partial charge in [-0.05, 0) is 55.9 Å². The zero-order valence-corrected chi connectivity index (χ0v) is 16.5. The molecule has 0 aromatic heterocycles. The van der Waals surface area contributed by atoms with Gasteiger partial charge in [0.2, 0.25) is 11.8 Å². The smallest absolute Gasteiger partial charge is 0.243 e. The lowest BCUT2D eigenvalue weighted by atomic mass is 10.1. The fourth-order valence-corrected chi connectivity index (χ4v) is 5.24. The van der Waals surface area contributed by atoms with E-state index >= 15 is 0 Å². The van der Waals surface area contributed by atoms with Crippen LogP contribution in [0.25, 0.3) is 0 Å². The van der Waals surface area contributed by atoms with Crippen molar-refractivity contribution >= 4 is 35.3 Å². The zero-order chi connectivity index (χ0) is 17.8. The molecule has 1 aliphatic heterocycles. The number of nitrogens with zero attached hydrogens (tertiary/aromatic N) is 1. The number of aryl methyl sites for hydroxylation is 2. The molecule has 1 N–H and O–H groups in total. The number of hydrogen-bond acceptors (Lipinski definition) is 4. The Morgan fingerprint density at radius 1 is 1.36 bits per heavy atom. The Kier molecular flexibility index (Phi) is 6.34. The third kappa shape index (κ3) is 4.53. The van der Waals surface area contributed by atoms with Crippen LogP contribution in [0.5, 0.6) is 0 Å². The maximum atomic E-state index is 12.6. The number of carbonyl (C=O) groups excluding carboxylic acids is 2. The predicted molar refractivity (Wildman–Crippen MR) is 105 cm³/mol. The highest BCUT2D eigenvalue weighted by atomic mass is 32.2. The summed E-state index contributed by atoms with van der Waals surface area (Å²) in [5, 5.41) is 3.01. The highest BCUT2D eigenvalue weighted by Gasteiger charge is 2.34. The van der Waals surface area contributed by atoms with Gasteiger partial charge in [-0.3, -0.25) is 9.59 Å². The SMILES string of the molecule is CC[C@H](C)NC(=O)[C@H]1CSCN1C(=O)CSc1ccc2c(c1)CCC2. The first-order valence-electron chi connectivity index (χ1n) is 9.00. The van der Waals surface area contributed by atoms with Crippen LogP contribution in [0.4, 0.5) is 0 Å². The molecule has 25 heavy (non-hydrogen) atoms. The van der Waals surface area contributed by atoms with Crippen LogP contribution in [0.1, 0.15) is 37.8 Å². The molecule has 6 heteroatoms. The Labute approximate surface area is 158 Å². The quantitative estimate of drug-likeness (QED) is 0.773. The molecular formula is C19H26N2O2S2. The summed E-state index contributed by atoms with van der Waals surface area (Å²) in [6.07, 6.45) is 4.46. The Hall–Kier alpha value is -1.14. The summed E-state index contributed by atoms with van der Waals surface area (Å²) in [5.74, 6) is 1.74. The average molecular weight is 379 g/mol. The van der Waals surface area contributed by atoms with Crippen LogP contribution in [0.3, 0.4) is 0 Å². The first-order chi connectivity index (χ1) is 12.1. The van der Waals surface area contributed by atoms with Crippen molar-refractivity contribution in [3.05, 3.63) is 29.3 Å². The minimum absolute atomic E-state index is 0.0183. The summed E-state index contributed by atoms with van der Waals surface area (Å²) in [4.78, 5) is 27.9. The van der Waals surface area contributed by atoms with E-state index in [0.717, 1.165) is 17.7 Å². The minimum Gasteiger partial charge on any atom is -0.352 e. The lowest BCUT2D eigenvalue weighted by Crippen LogP contribution is -2.49. The Bertz CT molecular complexity index is 650. The van der Waals surface area contributed by atoms with Crippen LogP contribution >= 0.6 is 23.5 Å². The molecule has 1 heterocycles. The van der Waals surface area contributed by atoms with Crippen LogP contribution in [0.2, 0.25) is 0 Å². The van der Waals surface area contributed by atoms with E-state index in [2.05, 4.69) is 23.5 Å². The number of hydrogen-bond donors (Lipinski definition) is 1. The normalized spacial score (nSPS) is 20.4. The molecule has 1 aromatic rings. The standard InChI is InChI=1S/C19H26N2O2S2/c1-3-13(2)20-19(23)17-10-24-12-21(17)18(22)11-25-16-8-7-14-5-4-6-15(14)9-16/h7-9,13,17H,3-6,10-12H2,1-2H3,(H,20,23)/t13-,17+/m0/s1. The van der Waals surface area contributed by atoms with E-state index in [9.17, 15) is 9.59 Å². The van der Waals surface area contributed by atoms with E-state index in [1.807, 2.05) is 13.8 Å². The Morgan fingerprint density at radius 2 is 2.16 bits per heavy atom. The van der Waals surface area contributed by atoms with Crippen molar-refractivity contribution in [2.45, 2.75) is 56.5 Å². The van der Waals surface area contributed by atoms with Gasteiger partial charge < -0.3 is 10.2 Å². The van der Waals surface area contributed by atoms with Crippen molar-refractivity contribution in [2.24, 2.45) is 0 Å². The average Bonchev–Trinajstić information content (AvgIpc) is 3.27. The fourth-order valence-electron chi connectivity index (χ4n) is 3.21. The lowest BCUT2D eigenvalue weighted by Gasteiger charge is -2.24. The number of rotatable bonds is 6. The maximum Gasteiger partial charge on any atom is 0.243 e. The molecule has 3 rings (SSSR count). The number of benzene rings is 1. The number of amides is 2. The van der Waals surface area contributed by atoms with Crippen molar-refractivity contribution in [3.8, 4) is 0 Å². The third-order valence-corrected chi connectivity index (χ3v) is 6.93. The van der Waals surface area contributed by atoms with Crippen LogP contribution in [-0.4, -0.2) is 46.2 Å². The summed E-state index contributed by atoms with van der Waals surface area (Å²) in [7, 11) is 0. The lowest BCUT2D eigenvalue weighted by molar-refractivity contribution is -0.136. The van der Waals surface area contributed by atoms with Crippen molar-refractivity contribution < 1.29 is 9.59 Å². The molecule has 1 aliphatic carbocycles. The van der Waals surface area contributed by atoms with Gasteiger partial charge in [-0.15, -0.1) is 23.5 Å². The third-order valence-electron chi connectivity index (χ3n) is 4.94. The maximum absolute atomic E-state index is 12.6. The summed E-state index contributed by atoms with van der Waals surface area (Å²) in [6.45, 7) is 4.04. The molecular weight excluding hydrogens is 352 g/mol. The Balaban J connectivity index is 1.55. The second kappa shape index (κ2) is 8.49. The van der Waals surface area contributed by atoms with E-state index in [0.29, 0.717) is 17.4 Å². The topological polar surface area (TPSA) is 49.4 Å². The molecule has 0 saturated carbocycles. The molecule has 2 atom stereocenters. The van der Waals surface area contributed by atoms with Gasteiger partial charge in [0.1, 0.15) is 6.04 Å². The molecule has 1 aromatic carbocycles. The van der Waals surface area contributed by atoms with Crippen LogP contribution in [0, 0.1) is 0 Å². The molecule has 2 aliphatic rings. The zero-order valence-electron chi connectivity index (χ0n) is 14.9. The fraction of sp³-hybridized carbons (Fsp3) is 0.579. The van der Waals surface area contributed by atoms with E-state index in [-0.39, 0.29) is 23.9 Å². The minimum atomic E-state index is -0.327. The summed E-state index contributed by atoms with van der Waals surface area (Å²) in [5.41, 5.74) is 2.88. The highest BCUT2D eigenvalue weighted by Crippen LogP contribution is 2.29. The molecule has 2 amide bonds. The molecule has 0 bridgehead atoms. The van der Waals surface area contributed by atoms with Crippen molar-refractivity contribution in [1.29, 1.82) is 0 Å². The second-order valence-corrected chi connectivity index (χ2v) is 8.82. The number of fused-ring (bicyclic) bond motifs is 1. The monoisotopic (exact) mass is 378 g/mol. The van der Waals surface area contributed by atoms with Crippen LogP contribution in [0.15, 0.2) is 23.1 Å². The van der Waals surface area contributed by atoms with Crippen LogP contribution < -0.4 is 5.32 Å². The van der Waals surface area contributed by atoms with Crippen LogP contribution in [-0.2, 0) is 22.4 Å². The van der Waals surface area contributed by atoms with Gasteiger partial charge in [0, 0.05) is 16.7 Å². The summed E-state index contributed by atoms with van der Waals surface area (Å²) < 4.78 is 0. The molecule has 4 nitrogen and oxygen atoms in total. The molecule has 0 radical (unpaired) electrons. The van der Waals surface area contributed by atoms with Crippen molar-refractivity contribution in [1.82, 2.24) is 10.2 Å². The van der Waals surface area contributed by atoms with Gasteiger partial charge in [-0.2, -0.15) is 0 Å². The Morgan fingerprint density at radius 3 is 2.96 bits per heavy atom.